The summed E-state index contributed by atoms with van der Waals surface area (Å²) in [6.45, 7) is 6.42. The van der Waals surface area contributed by atoms with Crippen molar-refractivity contribution in [2.24, 2.45) is 0 Å². The molecule has 6 heteroatoms. The highest BCUT2D eigenvalue weighted by Gasteiger charge is 2.19. The van der Waals surface area contributed by atoms with Crippen LogP contribution in [0.25, 0.3) is 0 Å². The van der Waals surface area contributed by atoms with Crippen LogP contribution in [0.2, 0.25) is 0 Å². The van der Waals surface area contributed by atoms with E-state index in [9.17, 15) is 14.4 Å². The van der Waals surface area contributed by atoms with Crippen LogP contribution in [0.1, 0.15) is 297 Å². The van der Waals surface area contributed by atoms with Gasteiger partial charge in [0.1, 0.15) is 13.2 Å². The van der Waals surface area contributed by atoms with Crippen molar-refractivity contribution in [2.75, 3.05) is 13.2 Å². The molecule has 0 N–H and O–H groups in total. The average Bonchev–Trinajstić information content (AvgIpc) is 3.44. The van der Waals surface area contributed by atoms with Gasteiger partial charge in [0.05, 0.1) is 0 Å². The lowest BCUT2D eigenvalue weighted by Gasteiger charge is -2.18. The molecule has 0 aromatic carbocycles. The first-order chi connectivity index (χ1) is 38.5. The van der Waals surface area contributed by atoms with E-state index in [1.165, 1.54) is 116 Å². The summed E-state index contributed by atoms with van der Waals surface area (Å²) < 4.78 is 16.9. The molecule has 0 aliphatic carbocycles. The van der Waals surface area contributed by atoms with E-state index in [1.807, 2.05) is 0 Å². The number of unbranched alkanes of at least 4 members (excludes halogenated alkanes) is 27. The Labute approximate surface area is 482 Å². The van der Waals surface area contributed by atoms with Gasteiger partial charge < -0.3 is 14.2 Å². The van der Waals surface area contributed by atoms with Gasteiger partial charge in [-0.2, -0.15) is 0 Å². The summed E-state index contributed by atoms with van der Waals surface area (Å²) in [5.41, 5.74) is 0. The van der Waals surface area contributed by atoms with Crippen molar-refractivity contribution in [3.05, 3.63) is 122 Å². The lowest BCUT2D eigenvalue weighted by Crippen LogP contribution is -2.30. The number of hydrogen-bond acceptors (Lipinski definition) is 6. The second kappa shape index (κ2) is 65.3. The van der Waals surface area contributed by atoms with Crippen LogP contribution in [0.5, 0.6) is 0 Å². The fraction of sp³-hybridized carbons (Fsp3) is 0.681. The molecule has 0 aliphatic heterocycles. The third-order valence-electron chi connectivity index (χ3n) is 13.7. The topological polar surface area (TPSA) is 78.9 Å². The van der Waals surface area contributed by atoms with Crippen LogP contribution >= 0.6 is 0 Å². The van der Waals surface area contributed by atoms with Crippen LogP contribution in [-0.4, -0.2) is 37.2 Å². The van der Waals surface area contributed by atoms with Crippen LogP contribution in [0.4, 0.5) is 0 Å². The highest BCUT2D eigenvalue weighted by molar-refractivity contribution is 5.71. The minimum Gasteiger partial charge on any atom is -0.462 e. The molecule has 6 nitrogen and oxygen atoms in total. The normalized spacial score (nSPS) is 12.9. The number of allylic oxidation sites excluding steroid dienone is 20. The first-order valence-electron chi connectivity index (χ1n) is 32.5. The summed E-state index contributed by atoms with van der Waals surface area (Å²) in [5.74, 6) is -0.902. The van der Waals surface area contributed by atoms with Crippen molar-refractivity contribution < 1.29 is 28.6 Å². The van der Waals surface area contributed by atoms with Gasteiger partial charge in [-0.3, -0.25) is 14.4 Å². The van der Waals surface area contributed by atoms with Gasteiger partial charge in [0, 0.05) is 19.3 Å². The second-order valence-corrected chi connectivity index (χ2v) is 21.3. The molecular weight excluding hydrogens is 961 g/mol. The van der Waals surface area contributed by atoms with Gasteiger partial charge in [-0.1, -0.05) is 290 Å². The number of carbonyl (C=O) groups is 3. The molecule has 0 saturated heterocycles. The molecule has 0 bridgehead atoms. The van der Waals surface area contributed by atoms with Crippen molar-refractivity contribution in [3.63, 3.8) is 0 Å². The van der Waals surface area contributed by atoms with Crippen molar-refractivity contribution in [1.82, 2.24) is 0 Å². The smallest absolute Gasteiger partial charge is 0.306 e. The molecule has 0 rings (SSSR count). The van der Waals surface area contributed by atoms with E-state index in [1.54, 1.807) is 0 Å². The molecular formula is C72H120O6. The highest BCUT2D eigenvalue weighted by atomic mass is 16.6. The van der Waals surface area contributed by atoms with Gasteiger partial charge in [-0.05, 0) is 109 Å². The minimum atomic E-state index is -0.792. The number of carbonyl (C=O) groups excluding carboxylic acids is 3. The number of hydrogen-bond donors (Lipinski definition) is 0. The van der Waals surface area contributed by atoms with Gasteiger partial charge in [0.25, 0.3) is 0 Å². The molecule has 0 aromatic rings. The fourth-order valence-corrected chi connectivity index (χ4v) is 8.91. The number of esters is 3. The zero-order valence-electron chi connectivity index (χ0n) is 50.9. The van der Waals surface area contributed by atoms with Gasteiger partial charge >= 0.3 is 17.9 Å². The summed E-state index contributed by atoms with van der Waals surface area (Å²) in [7, 11) is 0. The predicted octanol–water partition coefficient (Wildman–Crippen LogP) is 22.4. The molecule has 0 amide bonds. The summed E-state index contributed by atoms with van der Waals surface area (Å²) in [5, 5.41) is 0. The summed E-state index contributed by atoms with van der Waals surface area (Å²) >= 11 is 0. The molecule has 0 radical (unpaired) electrons. The Morgan fingerprint density at radius 3 is 0.782 bits per heavy atom. The van der Waals surface area contributed by atoms with Crippen LogP contribution in [0, 0.1) is 0 Å². The number of rotatable bonds is 58. The first-order valence-corrected chi connectivity index (χ1v) is 32.5. The van der Waals surface area contributed by atoms with E-state index in [2.05, 4.69) is 142 Å². The van der Waals surface area contributed by atoms with Crippen molar-refractivity contribution in [1.29, 1.82) is 0 Å². The second-order valence-electron chi connectivity index (χ2n) is 21.3. The molecule has 0 fully saturated rings. The monoisotopic (exact) mass is 1080 g/mol. The molecule has 1 atom stereocenters. The standard InChI is InChI=1S/C72H120O6/c1-4-7-10-13-16-19-22-25-28-30-32-34-35-36-37-39-40-42-44-47-50-53-56-59-62-65-71(74)77-68-69(67-76-70(73)64-61-58-55-52-49-46-27-24-21-18-15-12-9-6-3)78-72(75)66-63-60-57-54-51-48-45-43-41-38-33-31-29-26-23-20-17-14-11-8-5-2/h7-8,10-11,16-17,19-20,25-26,28-29,32-34,36-38,40,42,69H,4-6,9,12-15,18,21-24,27,30-31,35,39,41,43-68H2,1-3H3/b10-7-,11-8-,19-16-,20-17-,28-25-,29-26-,34-32-,37-36-,38-33-,42-40-. The van der Waals surface area contributed by atoms with Crippen LogP contribution in [0.15, 0.2) is 122 Å². The Morgan fingerprint density at radius 1 is 0.269 bits per heavy atom. The maximum absolute atomic E-state index is 12.9. The third-order valence-corrected chi connectivity index (χ3v) is 13.7. The quantitative estimate of drug-likeness (QED) is 0.0261. The lowest BCUT2D eigenvalue weighted by molar-refractivity contribution is -0.167. The summed E-state index contributed by atoms with van der Waals surface area (Å²) in [4.78, 5) is 38.4. The Kier molecular flexibility index (Phi) is 61.8. The maximum Gasteiger partial charge on any atom is 0.306 e. The molecule has 0 aromatic heterocycles. The summed E-state index contributed by atoms with van der Waals surface area (Å²) in [6.07, 6.45) is 90.5. The first kappa shape index (κ1) is 73.8. The molecule has 0 spiro atoms. The van der Waals surface area contributed by atoms with E-state index >= 15 is 0 Å². The molecule has 78 heavy (non-hydrogen) atoms. The van der Waals surface area contributed by atoms with E-state index in [0.29, 0.717) is 19.3 Å². The minimum absolute atomic E-state index is 0.0860. The average molecular weight is 1080 g/mol. The molecule has 0 saturated carbocycles. The Bertz CT molecular complexity index is 1620. The predicted molar refractivity (Wildman–Crippen MR) is 339 cm³/mol. The van der Waals surface area contributed by atoms with Gasteiger partial charge in [-0.15, -0.1) is 0 Å². The van der Waals surface area contributed by atoms with Gasteiger partial charge in [0.15, 0.2) is 6.10 Å². The molecule has 0 aliphatic rings. The van der Waals surface area contributed by atoms with E-state index in [-0.39, 0.29) is 31.1 Å². The van der Waals surface area contributed by atoms with Crippen LogP contribution in [0.3, 0.4) is 0 Å². The zero-order valence-corrected chi connectivity index (χ0v) is 50.9. The van der Waals surface area contributed by atoms with Crippen LogP contribution in [-0.2, 0) is 28.6 Å². The maximum atomic E-state index is 12.9. The van der Waals surface area contributed by atoms with Crippen LogP contribution < -0.4 is 0 Å². The van der Waals surface area contributed by atoms with Crippen molar-refractivity contribution >= 4 is 17.9 Å². The molecule has 444 valence electrons. The SMILES string of the molecule is CC/C=C\C/C=C\C/C=C\C/C=C\C/C=C\C/C=C\CCCCCCCCC(=O)OCC(COC(=O)CCCCCCCCCCCCCCCC)OC(=O)CCCCCCCCCC/C=C\C/C=C\C/C=C\C/C=C\CC. The van der Waals surface area contributed by atoms with Gasteiger partial charge in [0.2, 0.25) is 0 Å². The van der Waals surface area contributed by atoms with Crippen molar-refractivity contribution in [2.45, 2.75) is 303 Å². The summed E-state index contributed by atoms with van der Waals surface area (Å²) in [6, 6.07) is 0. The van der Waals surface area contributed by atoms with E-state index in [4.69, 9.17) is 14.2 Å². The molecule has 1 unspecified atom stereocenters. The lowest BCUT2D eigenvalue weighted by atomic mass is 10.0. The Morgan fingerprint density at radius 2 is 0.500 bits per heavy atom. The third kappa shape index (κ3) is 62.7. The van der Waals surface area contributed by atoms with Crippen molar-refractivity contribution in [3.8, 4) is 0 Å². The van der Waals surface area contributed by atoms with Gasteiger partial charge in [-0.25, -0.2) is 0 Å². The van der Waals surface area contributed by atoms with E-state index < -0.39 is 6.10 Å². The largest absolute Gasteiger partial charge is 0.462 e. The zero-order chi connectivity index (χ0) is 56.4. The van der Waals surface area contributed by atoms with E-state index in [0.717, 1.165) is 141 Å². The molecule has 0 heterocycles. The Balaban J connectivity index is 4.40. The number of ether oxygens (including phenoxy) is 3. The highest BCUT2D eigenvalue weighted by Crippen LogP contribution is 2.16. The Hall–Kier alpha value is -4.19. The fourth-order valence-electron chi connectivity index (χ4n) is 8.91.